The average molecular weight is 513 g/mol. The largest absolute Gasteiger partial charge is 0.374 e. The van der Waals surface area contributed by atoms with Crippen LogP contribution in [0.5, 0.6) is 0 Å². The van der Waals surface area contributed by atoms with Crippen molar-refractivity contribution in [2.75, 3.05) is 0 Å². The zero-order valence-corrected chi connectivity index (χ0v) is 20.1. The Labute approximate surface area is 210 Å². The van der Waals surface area contributed by atoms with Crippen LogP contribution < -0.4 is 0 Å². The number of aromatic nitrogens is 3. The van der Waals surface area contributed by atoms with Crippen molar-refractivity contribution in [3.05, 3.63) is 117 Å². The molecule has 5 rings (SSSR count). The Morgan fingerprint density at radius 1 is 0.971 bits per heavy atom. The smallest absolute Gasteiger partial charge is 0.159 e. The van der Waals surface area contributed by atoms with Gasteiger partial charge in [-0.05, 0) is 29.3 Å². The van der Waals surface area contributed by atoms with E-state index in [0.717, 1.165) is 5.56 Å². The third-order valence-corrected chi connectivity index (χ3v) is 6.79. The second-order valence-electron chi connectivity index (χ2n) is 7.91. The van der Waals surface area contributed by atoms with Crippen LogP contribution in [0.15, 0.2) is 79.3 Å². The van der Waals surface area contributed by atoms with Crippen molar-refractivity contribution in [1.29, 1.82) is 0 Å². The van der Waals surface area contributed by atoms with E-state index in [1.807, 2.05) is 30.3 Å². The highest BCUT2D eigenvalue weighted by molar-refractivity contribution is 6.42. The lowest BCUT2D eigenvalue weighted by molar-refractivity contribution is 0.113. The van der Waals surface area contributed by atoms with E-state index in [1.165, 1.54) is 24.7 Å². The minimum Gasteiger partial charge on any atom is -0.374 e. The van der Waals surface area contributed by atoms with Gasteiger partial charge >= 0.3 is 0 Å². The Hall–Kier alpha value is -2.96. The van der Waals surface area contributed by atoms with Crippen molar-refractivity contribution in [3.63, 3.8) is 0 Å². The van der Waals surface area contributed by atoms with Gasteiger partial charge in [0.25, 0.3) is 0 Å². The van der Waals surface area contributed by atoms with Gasteiger partial charge in [0.15, 0.2) is 5.60 Å². The number of fused-ring (bicyclic) bond motifs is 1. The molecule has 0 saturated carbocycles. The molecule has 0 aliphatic heterocycles. The second-order valence-corrected chi connectivity index (χ2v) is 9.09. The summed E-state index contributed by atoms with van der Waals surface area (Å²) in [4.78, 5) is 8.52. The van der Waals surface area contributed by atoms with Crippen molar-refractivity contribution >= 4 is 45.7 Å². The van der Waals surface area contributed by atoms with Crippen molar-refractivity contribution in [2.45, 2.75) is 5.60 Å². The molecule has 0 radical (unpaired) electrons. The molecule has 1 unspecified atom stereocenters. The van der Waals surface area contributed by atoms with Gasteiger partial charge in [-0.15, -0.1) is 0 Å². The highest BCUT2D eigenvalue weighted by atomic mass is 35.5. The van der Waals surface area contributed by atoms with Crippen molar-refractivity contribution in [1.82, 2.24) is 14.5 Å². The van der Waals surface area contributed by atoms with E-state index in [0.29, 0.717) is 32.3 Å². The van der Waals surface area contributed by atoms with Crippen LogP contribution in [0.2, 0.25) is 15.2 Å². The first-order valence-corrected chi connectivity index (χ1v) is 11.4. The van der Waals surface area contributed by atoms with Gasteiger partial charge in [0.2, 0.25) is 0 Å². The molecule has 170 valence electrons. The Balaban J connectivity index is 1.83. The minimum atomic E-state index is -1.88. The maximum absolute atomic E-state index is 15.6. The Bertz CT molecular complexity index is 1520. The molecule has 0 spiro atoms. The van der Waals surface area contributed by atoms with E-state index in [4.69, 9.17) is 34.8 Å². The van der Waals surface area contributed by atoms with Crippen LogP contribution in [0.4, 0.5) is 4.39 Å². The number of halogens is 4. The second kappa shape index (κ2) is 8.67. The standard InChI is InChI=1S/C26H17Cl3FN3O/c1-33-14-31-13-22(33)26(34,16-7-9-17(27)10-8-16)19-11-18-21(12-20(19)30)32-25(29)23(24(18)28)15-5-3-2-4-6-15/h2-14,34H,1H3. The monoisotopic (exact) mass is 511 g/mol. The van der Waals surface area contributed by atoms with Crippen LogP contribution in [0.3, 0.4) is 0 Å². The van der Waals surface area contributed by atoms with Crippen LogP contribution in [-0.4, -0.2) is 19.6 Å². The third-order valence-electron chi connectivity index (χ3n) is 5.87. The van der Waals surface area contributed by atoms with Crippen molar-refractivity contribution in [3.8, 4) is 11.1 Å². The van der Waals surface area contributed by atoms with Gasteiger partial charge in [-0.1, -0.05) is 77.3 Å². The highest BCUT2D eigenvalue weighted by Crippen LogP contribution is 2.43. The van der Waals surface area contributed by atoms with Gasteiger partial charge in [0.1, 0.15) is 11.0 Å². The predicted octanol–water partition coefficient (Wildman–Crippen LogP) is 7.02. The molecule has 0 bridgehead atoms. The summed E-state index contributed by atoms with van der Waals surface area (Å²) >= 11 is 19.3. The Kier molecular flexibility index (Phi) is 5.82. The van der Waals surface area contributed by atoms with E-state index in [1.54, 1.807) is 35.9 Å². The van der Waals surface area contributed by atoms with E-state index in [2.05, 4.69) is 9.97 Å². The first-order chi connectivity index (χ1) is 16.3. The van der Waals surface area contributed by atoms with Crippen LogP contribution >= 0.6 is 34.8 Å². The van der Waals surface area contributed by atoms with Gasteiger partial charge in [-0.3, -0.25) is 0 Å². The van der Waals surface area contributed by atoms with E-state index in [-0.39, 0.29) is 16.2 Å². The Morgan fingerprint density at radius 2 is 1.68 bits per heavy atom. The number of aliphatic hydroxyl groups is 1. The normalized spacial score (nSPS) is 13.2. The quantitative estimate of drug-likeness (QED) is 0.263. The predicted molar refractivity (Wildman–Crippen MR) is 134 cm³/mol. The number of pyridine rings is 1. The molecule has 8 heteroatoms. The summed E-state index contributed by atoms with van der Waals surface area (Å²) in [5.74, 6) is -0.668. The molecule has 0 saturated heterocycles. The lowest BCUT2D eigenvalue weighted by Gasteiger charge is -2.30. The molecule has 2 aromatic heterocycles. The molecular weight excluding hydrogens is 496 g/mol. The maximum Gasteiger partial charge on any atom is 0.159 e. The first-order valence-electron chi connectivity index (χ1n) is 10.3. The van der Waals surface area contributed by atoms with E-state index >= 15 is 4.39 Å². The van der Waals surface area contributed by atoms with E-state index < -0.39 is 11.4 Å². The summed E-state index contributed by atoms with van der Waals surface area (Å²) in [7, 11) is 1.73. The first kappa shape index (κ1) is 22.8. The molecule has 4 nitrogen and oxygen atoms in total. The lowest BCUT2D eigenvalue weighted by Crippen LogP contribution is -2.32. The zero-order chi connectivity index (χ0) is 24.0. The maximum atomic E-state index is 15.6. The molecule has 3 aromatic carbocycles. The number of imidazole rings is 1. The van der Waals surface area contributed by atoms with E-state index in [9.17, 15) is 5.11 Å². The molecule has 0 aliphatic carbocycles. The summed E-state index contributed by atoms with van der Waals surface area (Å²) in [6, 6.07) is 18.7. The molecule has 1 atom stereocenters. The highest BCUT2D eigenvalue weighted by Gasteiger charge is 2.39. The van der Waals surface area contributed by atoms with Crippen LogP contribution in [0, 0.1) is 5.82 Å². The summed E-state index contributed by atoms with van der Waals surface area (Å²) in [5.41, 5.74) is 0.482. The molecule has 0 fully saturated rings. The molecule has 0 amide bonds. The van der Waals surface area contributed by atoms with Gasteiger partial charge in [0, 0.05) is 34.6 Å². The van der Waals surface area contributed by atoms with Crippen molar-refractivity contribution < 1.29 is 9.50 Å². The zero-order valence-electron chi connectivity index (χ0n) is 17.8. The van der Waals surface area contributed by atoms with Crippen LogP contribution in [-0.2, 0) is 12.6 Å². The SMILES string of the molecule is Cn1cncc1C(O)(c1ccc(Cl)cc1)c1cc2c(Cl)c(-c3ccccc3)c(Cl)nc2cc1F. The number of aryl methyl sites for hydroxylation is 1. The van der Waals surface area contributed by atoms with Crippen molar-refractivity contribution in [2.24, 2.45) is 7.05 Å². The summed E-state index contributed by atoms with van der Waals surface area (Å²) in [5, 5.41) is 13.5. The molecule has 0 aliphatic rings. The van der Waals surface area contributed by atoms with Gasteiger partial charge < -0.3 is 9.67 Å². The molecule has 5 aromatic rings. The summed E-state index contributed by atoms with van der Waals surface area (Å²) < 4.78 is 17.3. The molecule has 34 heavy (non-hydrogen) atoms. The summed E-state index contributed by atoms with van der Waals surface area (Å²) in [6.07, 6.45) is 3.03. The van der Waals surface area contributed by atoms with Gasteiger partial charge in [-0.2, -0.15) is 0 Å². The molecule has 2 heterocycles. The Morgan fingerprint density at radius 3 is 2.32 bits per heavy atom. The van der Waals surface area contributed by atoms with Gasteiger partial charge in [0.05, 0.1) is 28.8 Å². The van der Waals surface area contributed by atoms with Gasteiger partial charge in [-0.25, -0.2) is 14.4 Å². The summed E-state index contributed by atoms with van der Waals surface area (Å²) in [6.45, 7) is 0. The lowest BCUT2D eigenvalue weighted by atomic mass is 9.82. The topological polar surface area (TPSA) is 50.9 Å². The van der Waals surface area contributed by atoms with Crippen LogP contribution in [0.1, 0.15) is 16.8 Å². The number of rotatable bonds is 4. The fourth-order valence-corrected chi connectivity index (χ4v) is 5.00. The fraction of sp³-hybridized carbons (Fsp3) is 0.0769. The molecular formula is C26H17Cl3FN3O. The number of benzene rings is 3. The fourth-order valence-electron chi connectivity index (χ4n) is 4.18. The van der Waals surface area contributed by atoms with Crippen LogP contribution in [0.25, 0.3) is 22.0 Å². The number of hydrogen-bond acceptors (Lipinski definition) is 3. The third kappa shape index (κ3) is 3.65. The average Bonchev–Trinajstić information content (AvgIpc) is 3.26. The minimum absolute atomic E-state index is 0.00374. The molecule has 1 N–H and O–H groups in total. The number of nitrogens with zero attached hydrogens (tertiary/aromatic N) is 3. The number of hydrogen-bond donors (Lipinski definition) is 1.